The van der Waals surface area contributed by atoms with Crippen LogP contribution in [0.15, 0.2) is 48.5 Å². The van der Waals surface area contributed by atoms with Crippen LogP contribution in [0.1, 0.15) is 34.9 Å². The Balaban J connectivity index is 1.79. The van der Waals surface area contributed by atoms with Crippen molar-refractivity contribution in [1.82, 2.24) is 0 Å². The fraction of sp³-hybridized carbons (Fsp3) is 0.294. The van der Waals surface area contributed by atoms with E-state index in [-0.39, 0.29) is 0 Å². The maximum atomic E-state index is 5.88. The summed E-state index contributed by atoms with van der Waals surface area (Å²) in [5.41, 5.74) is 3.25. The van der Waals surface area contributed by atoms with Gasteiger partial charge in [0.1, 0.15) is 5.75 Å². The lowest BCUT2D eigenvalue weighted by Crippen LogP contribution is -1.99. The molecule has 0 aromatic heterocycles. The van der Waals surface area contributed by atoms with Gasteiger partial charge in [0, 0.05) is 5.56 Å². The first kappa shape index (κ1) is 15.0. The van der Waals surface area contributed by atoms with E-state index < -0.39 is 3.79 Å². The Bertz CT molecular complexity index is 631. The highest BCUT2D eigenvalue weighted by Gasteiger charge is 2.41. The van der Waals surface area contributed by atoms with Crippen LogP contribution in [0, 0.1) is 0 Å². The van der Waals surface area contributed by atoms with E-state index in [2.05, 4.69) is 24.3 Å². The van der Waals surface area contributed by atoms with Gasteiger partial charge in [-0.25, -0.2) is 0 Å². The minimum Gasteiger partial charge on any atom is -0.496 e. The molecule has 0 heterocycles. The van der Waals surface area contributed by atoms with Crippen LogP contribution in [0.25, 0.3) is 0 Å². The predicted molar refractivity (Wildman–Crippen MR) is 88.8 cm³/mol. The fourth-order valence-electron chi connectivity index (χ4n) is 2.80. The van der Waals surface area contributed by atoms with Gasteiger partial charge in [-0.3, -0.25) is 0 Å². The van der Waals surface area contributed by atoms with Gasteiger partial charge in [-0.2, -0.15) is 0 Å². The fourth-order valence-corrected chi connectivity index (χ4v) is 3.18. The highest BCUT2D eigenvalue weighted by Crippen LogP contribution is 2.56. The zero-order valence-corrected chi connectivity index (χ0v) is 13.8. The van der Waals surface area contributed by atoms with E-state index in [0.29, 0.717) is 17.4 Å². The molecular weight excluding hydrogens is 327 g/mol. The molecule has 2 atom stereocenters. The highest BCUT2D eigenvalue weighted by molar-refractivity contribution is 6.66. The normalized spacial score (nSPS) is 21.1. The Hall–Kier alpha value is -0.890. The molecule has 0 radical (unpaired) electrons. The average Bonchev–Trinajstić information content (AvgIpc) is 3.27. The lowest BCUT2D eigenvalue weighted by atomic mass is 10.0. The molecule has 1 nitrogen and oxygen atoms in total. The number of ether oxygens (including phenoxy) is 1. The van der Waals surface area contributed by atoms with Crippen molar-refractivity contribution >= 4 is 34.8 Å². The lowest BCUT2D eigenvalue weighted by molar-refractivity contribution is 0.409. The molecule has 0 bridgehead atoms. The second-order valence-electron chi connectivity index (χ2n) is 5.31. The number of para-hydroxylation sites is 1. The number of benzene rings is 2. The summed E-state index contributed by atoms with van der Waals surface area (Å²) in [7, 11) is 1.71. The van der Waals surface area contributed by atoms with Crippen molar-refractivity contribution in [3.63, 3.8) is 0 Å². The Kier molecular flexibility index (Phi) is 4.09. The molecule has 0 unspecified atom stereocenters. The van der Waals surface area contributed by atoms with E-state index in [1.807, 2.05) is 24.3 Å². The number of hydrogen-bond donors (Lipinski definition) is 0. The van der Waals surface area contributed by atoms with Gasteiger partial charge in [-0.05, 0) is 35.4 Å². The van der Waals surface area contributed by atoms with Gasteiger partial charge in [-0.1, -0.05) is 77.3 Å². The van der Waals surface area contributed by atoms with Crippen LogP contribution in [0.4, 0.5) is 0 Å². The Labute approximate surface area is 139 Å². The first-order valence-corrected chi connectivity index (χ1v) is 7.94. The quantitative estimate of drug-likeness (QED) is 0.642. The van der Waals surface area contributed by atoms with Gasteiger partial charge in [0.25, 0.3) is 0 Å². The van der Waals surface area contributed by atoms with Crippen molar-refractivity contribution in [1.29, 1.82) is 0 Å². The molecule has 0 spiro atoms. The summed E-state index contributed by atoms with van der Waals surface area (Å²) in [5.74, 6) is 1.99. The van der Waals surface area contributed by atoms with Crippen molar-refractivity contribution in [2.45, 2.75) is 22.0 Å². The van der Waals surface area contributed by atoms with Crippen molar-refractivity contribution < 1.29 is 4.74 Å². The maximum absolute atomic E-state index is 5.88. The molecule has 2 aromatic rings. The van der Waals surface area contributed by atoms with Crippen LogP contribution in [-0.4, -0.2) is 7.11 Å². The summed E-state index contributed by atoms with van der Waals surface area (Å²) >= 11 is 17.7. The second kappa shape index (κ2) is 5.72. The topological polar surface area (TPSA) is 9.23 Å². The summed E-state index contributed by atoms with van der Waals surface area (Å²) in [6.07, 6.45) is 1.13. The molecule has 0 aliphatic heterocycles. The zero-order chi connectivity index (χ0) is 15.0. The molecular formula is C17H15Cl3O. The predicted octanol–water partition coefficient (Wildman–Crippen LogP) is 5.79. The summed E-state index contributed by atoms with van der Waals surface area (Å²) in [6, 6.07) is 16.1. The Morgan fingerprint density at radius 1 is 0.952 bits per heavy atom. The number of methoxy groups -OCH3 is 1. The lowest BCUT2D eigenvalue weighted by Gasteiger charge is -2.12. The van der Waals surface area contributed by atoms with Crippen molar-refractivity contribution in [2.75, 3.05) is 7.11 Å². The van der Waals surface area contributed by atoms with Gasteiger partial charge < -0.3 is 4.74 Å². The van der Waals surface area contributed by atoms with Gasteiger partial charge in [0.15, 0.2) is 0 Å². The van der Waals surface area contributed by atoms with Crippen molar-refractivity contribution in [2.24, 2.45) is 0 Å². The molecule has 110 valence electrons. The monoisotopic (exact) mass is 340 g/mol. The van der Waals surface area contributed by atoms with Gasteiger partial charge >= 0.3 is 0 Å². The summed E-state index contributed by atoms with van der Waals surface area (Å²) in [6.45, 7) is 0. The van der Waals surface area contributed by atoms with Gasteiger partial charge in [0.2, 0.25) is 3.79 Å². The van der Waals surface area contributed by atoms with Crippen LogP contribution in [0.2, 0.25) is 0 Å². The first-order chi connectivity index (χ1) is 10.0. The largest absolute Gasteiger partial charge is 0.496 e. The van der Waals surface area contributed by atoms with Crippen LogP contribution in [0.5, 0.6) is 5.75 Å². The molecule has 3 rings (SSSR count). The third-order valence-corrected chi connectivity index (χ3v) is 4.65. The molecule has 21 heavy (non-hydrogen) atoms. The summed E-state index contributed by atoms with van der Waals surface area (Å²) in [4.78, 5) is 0. The standard InChI is InChI=1S/C17H15Cl3O/c1-21-16-5-3-2-4-13(16)15-10-14(15)11-6-8-12(9-7-11)17(18,19)20/h2-9,14-15H,10H2,1H3/t14-,15+/m1/s1. The molecule has 0 amide bonds. The zero-order valence-electron chi connectivity index (χ0n) is 11.5. The van der Waals surface area contributed by atoms with E-state index in [1.54, 1.807) is 7.11 Å². The smallest absolute Gasteiger partial charge is 0.216 e. The second-order valence-corrected chi connectivity index (χ2v) is 7.59. The van der Waals surface area contributed by atoms with E-state index in [4.69, 9.17) is 39.5 Å². The Morgan fingerprint density at radius 3 is 2.24 bits per heavy atom. The van der Waals surface area contributed by atoms with E-state index in [9.17, 15) is 0 Å². The average molecular weight is 342 g/mol. The summed E-state index contributed by atoms with van der Waals surface area (Å²) < 4.78 is 4.09. The van der Waals surface area contributed by atoms with Gasteiger partial charge in [-0.15, -0.1) is 0 Å². The molecule has 2 aromatic carbocycles. The molecule has 1 aliphatic carbocycles. The number of halogens is 3. The van der Waals surface area contributed by atoms with E-state index >= 15 is 0 Å². The van der Waals surface area contributed by atoms with Crippen LogP contribution in [-0.2, 0) is 3.79 Å². The minimum absolute atomic E-state index is 0.514. The molecule has 1 saturated carbocycles. The highest BCUT2D eigenvalue weighted by atomic mass is 35.6. The maximum Gasteiger partial charge on any atom is 0.216 e. The van der Waals surface area contributed by atoms with E-state index in [0.717, 1.165) is 12.2 Å². The summed E-state index contributed by atoms with van der Waals surface area (Å²) in [5, 5.41) is 0. The number of hydrogen-bond acceptors (Lipinski definition) is 1. The van der Waals surface area contributed by atoms with Crippen molar-refractivity contribution in [3.05, 3.63) is 65.2 Å². The van der Waals surface area contributed by atoms with Crippen molar-refractivity contribution in [3.8, 4) is 5.75 Å². The third-order valence-electron chi connectivity index (χ3n) is 3.99. The number of alkyl halides is 3. The number of rotatable bonds is 3. The molecule has 0 saturated heterocycles. The Morgan fingerprint density at radius 2 is 1.62 bits per heavy atom. The van der Waals surface area contributed by atoms with Crippen LogP contribution in [0.3, 0.4) is 0 Å². The molecule has 1 fully saturated rings. The SMILES string of the molecule is COc1ccccc1[C@@H]1C[C@@H]1c1ccc(C(Cl)(Cl)Cl)cc1. The van der Waals surface area contributed by atoms with Crippen LogP contribution < -0.4 is 4.74 Å². The molecule has 4 heteroatoms. The molecule has 1 aliphatic rings. The molecule has 0 N–H and O–H groups in total. The van der Waals surface area contributed by atoms with Gasteiger partial charge in [0.05, 0.1) is 7.11 Å². The first-order valence-electron chi connectivity index (χ1n) is 6.81. The van der Waals surface area contributed by atoms with E-state index in [1.165, 1.54) is 11.1 Å². The minimum atomic E-state index is -1.36. The third kappa shape index (κ3) is 3.15. The van der Waals surface area contributed by atoms with Crippen LogP contribution >= 0.6 is 34.8 Å².